The molecule has 21 heavy (non-hydrogen) atoms. The van der Waals surface area contributed by atoms with E-state index in [4.69, 9.17) is 116 Å². The number of halogens is 10. The predicted molar refractivity (Wildman–Crippen MR) is 98.5 cm³/mol. The lowest BCUT2D eigenvalue weighted by Crippen LogP contribution is -2.32. The van der Waals surface area contributed by atoms with Crippen molar-refractivity contribution in [1.82, 2.24) is 0 Å². The van der Waals surface area contributed by atoms with Crippen molar-refractivity contribution in [1.29, 1.82) is 0 Å². The van der Waals surface area contributed by atoms with Crippen molar-refractivity contribution in [2.24, 2.45) is 0 Å². The highest BCUT2D eigenvalue weighted by molar-refractivity contribution is 6.76. The maximum atomic E-state index is 6.16. The Kier molecular flexibility index (Phi) is 6.84. The first kappa shape index (κ1) is 21.2. The zero-order chi connectivity index (χ0) is 16.9. The summed E-state index contributed by atoms with van der Waals surface area (Å²) in [5.41, 5.74) is 1.16. The molecule has 0 amide bonds. The van der Waals surface area contributed by atoms with Gasteiger partial charge in [0.15, 0.2) is 8.67 Å². The molecule has 10 heteroatoms. The molecule has 0 aliphatic carbocycles. The highest BCUT2D eigenvalue weighted by atomic mass is 35.6. The normalized spacial score (nSPS) is 14.4. The zero-order valence-electron chi connectivity index (χ0n) is 10.0. The van der Waals surface area contributed by atoms with E-state index >= 15 is 0 Å². The summed E-state index contributed by atoms with van der Waals surface area (Å²) in [6, 6.07) is 4.61. The molecule has 0 radical (unpaired) electrons. The molecule has 0 spiro atoms. The van der Waals surface area contributed by atoms with Crippen molar-refractivity contribution in [3.63, 3.8) is 0 Å². The average Bonchev–Trinajstić information content (AvgIpc) is 2.25. The van der Waals surface area contributed by atoms with Gasteiger partial charge in [0.25, 0.3) is 0 Å². The van der Waals surface area contributed by atoms with Crippen molar-refractivity contribution in [2.75, 3.05) is 0 Å². The number of alkyl halides is 10. The van der Waals surface area contributed by atoms with E-state index in [-0.39, 0.29) is 11.1 Å². The van der Waals surface area contributed by atoms with Gasteiger partial charge >= 0.3 is 0 Å². The standard InChI is InChI=1S/C11H6Cl10/c1-5-2-3-6(8(12,13)10(16,17)18)4-7(5)9(14,15)11(19,20)21/h2-4H,1H3. The van der Waals surface area contributed by atoms with E-state index in [0.29, 0.717) is 5.56 Å². The second kappa shape index (κ2) is 6.79. The highest BCUT2D eigenvalue weighted by Crippen LogP contribution is 2.56. The Bertz CT molecular complexity index is 523. The Hall–Kier alpha value is 2.12. The second-order valence-corrected chi connectivity index (χ2v) is 11.4. The van der Waals surface area contributed by atoms with Crippen LogP contribution in [0.4, 0.5) is 0 Å². The highest BCUT2D eigenvalue weighted by Gasteiger charge is 2.51. The summed E-state index contributed by atoms with van der Waals surface area (Å²) in [5, 5.41) is 0. The second-order valence-electron chi connectivity index (χ2n) is 4.17. The molecule has 0 atom stereocenters. The van der Waals surface area contributed by atoms with Gasteiger partial charge < -0.3 is 0 Å². The summed E-state index contributed by atoms with van der Waals surface area (Å²) in [7, 11) is 0. The van der Waals surface area contributed by atoms with Gasteiger partial charge in [0.05, 0.1) is 0 Å². The maximum absolute atomic E-state index is 6.16. The molecule has 1 rings (SSSR count). The summed E-state index contributed by atoms with van der Waals surface area (Å²) in [4.78, 5) is 0. The van der Waals surface area contributed by atoms with Gasteiger partial charge in [-0.15, -0.1) is 0 Å². The van der Waals surface area contributed by atoms with E-state index in [1.807, 2.05) is 0 Å². The minimum atomic E-state index is -2.00. The van der Waals surface area contributed by atoms with Gasteiger partial charge in [-0.05, 0) is 29.7 Å². The quantitative estimate of drug-likeness (QED) is 0.367. The molecule has 0 aliphatic heterocycles. The molecule has 0 N–H and O–H groups in total. The van der Waals surface area contributed by atoms with Crippen LogP contribution in [-0.2, 0) is 8.67 Å². The largest absolute Gasteiger partial charge is 0.227 e. The van der Waals surface area contributed by atoms with Gasteiger partial charge in [0.2, 0.25) is 7.59 Å². The summed E-state index contributed by atoms with van der Waals surface area (Å²) in [5.74, 6) is 0. The fourth-order valence-corrected chi connectivity index (χ4v) is 2.75. The molecule has 0 bridgehead atoms. The molecule has 0 unspecified atom stereocenters. The topological polar surface area (TPSA) is 0 Å². The van der Waals surface area contributed by atoms with Crippen molar-refractivity contribution in [2.45, 2.75) is 23.2 Å². The Morgan fingerprint density at radius 1 is 0.667 bits per heavy atom. The molecule has 1 aromatic carbocycles. The number of hydrogen-bond acceptors (Lipinski definition) is 0. The van der Waals surface area contributed by atoms with Gasteiger partial charge in [0, 0.05) is 0 Å². The van der Waals surface area contributed by atoms with Crippen LogP contribution in [0.15, 0.2) is 18.2 Å². The third-order valence-corrected chi connectivity index (χ3v) is 7.49. The van der Waals surface area contributed by atoms with Crippen LogP contribution in [0.5, 0.6) is 0 Å². The molecule has 0 aromatic heterocycles. The molecule has 0 heterocycles. The summed E-state index contributed by atoms with van der Waals surface area (Å²) < 4.78 is -7.70. The number of hydrogen-bond donors (Lipinski definition) is 0. The minimum absolute atomic E-state index is 0.242. The third-order valence-electron chi connectivity index (χ3n) is 2.65. The lowest BCUT2D eigenvalue weighted by molar-refractivity contribution is 0.838. The molecule has 0 nitrogen and oxygen atoms in total. The Morgan fingerprint density at radius 2 is 1.10 bits per heavy atom. The van der Waals surface area contributed by atoms with Crippen LogP contribution in [0, 0.1) is 6.92 Å². The van der Waals surface area contributed by atoms with Gasteiger partial charge in [-0.2, -0.15) is 0 Å². The average molecular weight is 493 g/mol. The van der Waals surface area contributed by atoms with Crippen LogP contribution < -0.4 is 0 Å². The molecule has 0 aliphatic rings. The lowest BCUT2D eigenvalue weighted by atomic mass is 10.0. The van der Waals surface area contributed by atoms with E-state index in [9.17, 15) is 0 Å². The van der Waals surface area contributed by atoms with E-state index in [1.54, 1.807) is 19.1 Å². The van der Waals surface area contributed by atoms with Gasteiger partial charge in [-0.1, -0.05) is 128 Å². The summed E-state index contributed by atoms with van der Waals surface area (Å²) in [6.45, 7) is 1.72. The Balaban J connectivity index is 3.50. The van der Waals surface area contributed by atoms with Crippen LogP contribution in [0.1, 0.15) is 16.7 Å². The van der Waals surface area contributed by atoms with Crippen molar-refractivity contribution < 1.29 is 0 Å². The van der Waals surface area contributed by atoms with Crippen molar-refractivity contribution in [3.8, 4) is 0 Å². The van der Waals surface area contributed by atoms with Gasteiger partial charge in [-0.3, -0.25) is 0 Å². The van der Waals surface area contributed by atoms with Crippen LogP contribution in [-0.4, -0.2) is 7.59 Å². The fraction of sp³-hybridized carbons (Fsp3) is 0.455. The first-order valence-electron chi connectivity index (χ1n) is 5.13. The Labute approximate surface area is 172 Å². The van der Waals surface area contributed by atoms with Crippen molar-refractivity contribution in [3.05, 3.63) is 34.9 Å². The third kappa shape index (κ3) is 4.40. The number of aryl methyl sites for hydroxylation is 1. The predicted octanol–water partition coefficient (Wildman–Crippen LogP) is 8.00. The van der Waals surface area contributed by atoms with Crippen molar-refractivity contribution >= 4 is 116 Å². The zero-order valence-corrected chi connectivity index (χ0v) is 17.6. The molecular weight excluding hydrogens is 487 g/mol. The number of rotatable bonds is 2. The van der Waals surface area contributed by atoms with Gasteiger partial charge in [0.1, 0.15) is 0 Å². The first-order chi connectivity index (χ1) is 9.12. The van der Waals surface area contributed by atoms with E-state index in [0.717, 1.165) is 0 Å². The molecule has 0 saturated carbocycles. The fourth-order valence-electron chi connectivity index (χ4n) is 1.47. The molecule has 120 valence electrons. The number of benzene rings is 1. The SMILES string of the molecule is Cc1ccc(C(Cl)(Cl)C(Cl)(Cl)Cl)cc1C(Cl)(Cl)C(Cl)(Cl)Cl. The smallest absolute Gasteiger partial charge is 0.0915 e. The van der Waals surface area contributed by atoms with E-state index < -0.39 is 16.3 Å². The summed E-state index contributed by atoms with van der Waals surface area (Å²) in [6.07, 6.45) is 0. The molecule has 1 aromatic rings. The Morgan fingerprint density at radius 3 is 1.48 bits per heavy atom. The van der Waals surface area contributed by atoms with Crippen LogP contribution >= 0.6 is 116 Å². The first-order valence-corrected chi connectivity index (χ1v) is 8.91. The lowest BCUT2D eigenvalue weighted by Gasteiger charge is -2.32. The minimum Gasteiger partial charge on any atom is -0.0915 e. The molecular formula is C11H6Cl10. The van der Waals surface area contributed by atoms with Crippen LogP contribution in [0.3, 0.4) is 0 Å². The summed E-state index contributed by atoms with van der Waals surface area (Å²) >= 11 is 59.3. The van der Waals surface area contributed by atoms with Gasteiger partial charge in [-0.25, -0.2) is 0 Å². The molecule has 0 saturated heterocycles. The van der Waals surface area contributed by atoms with E-state index in [1.165, 1.54) is 6.07 Å². The molecule has 0 fully saturated rings. The van der Waals surface area contributed by atoms with E-state index in [2.05, 4.69) is 0 Å². The monoisotopic (exact) mass is 488 g/mol. The van der Waals surface area contributed by atoms with Crippen LogP contribution in [0.2, 0.25) is 0 Å². The van der Waals surface area contributed by atoms with Crippen LogP contribution in [0.25, 0.3) is 0 Å². The maximum Gasteiger partial charge on any atom is 0.227 e.